The first-order chi connectivity index (χ1) is 7.25. The van der Waals surface area contributed by atoms with Crippen LogP contribution < -0.4 is 0 Å². The predicted octanol–water partition coefficient (Wildman–Crippen LogP) is 3.17. The molecule has 3 saturated carbocycles. The van der Waals surface area contributed by atoms with E-state index in [1.807, 2.05) is 13.8 Å². The maximum absolute atomic E-state index is 10.7. The zero-order valence-corrected chi connectivity index (χ0v) is 9.78. The van der Waals surface area contributed by atoms with Crippen molar-refractivity contribution in [1.29, 1.82) is 0 Å². The summed E-state index contributed by atoms with van der Waals surface area (Å²) in [5.74, 6) is 3.45. The molecule has 0 amide bonds. The fourth-order valence-corrected chi connectivity index (χ4v) is 4.29. The number of fused-ring (bicyclic) bond motifs is 1. The Kier molecular flexibility index (Phi) is 3.03. The minimum absolute atomic E-state index is 0.443. The second-order valence-corrected chi connectivity index (χ2v) is 5.17. The molecule has 0 aliphatic heterocycles. The first-order valence-corrected chi connectivity index (χ1v) is 6.47. The lowest BCUT2D eigenvalue weighted by Crippen LogP contribution is -2.44. The highest BCUT2D eigenvalue weighted by atomic mass is 16.4. The van der Waals surface area contributed by atoms with Crippen LogP contribution in [0.15, 0.2) is 0 Å². The van der Waals surface area contributed by atoms with Crippen molar-refractivity contribution in [3.63, 3.8) is 0 Å². The summed E-state index contributed by atoms with van der Waals surface area (Å²) in [7, 11) is 0. The van der Waals surface area contributed by atoms with Gasteiger partial charge in [-0.3, -0.25) is 4.79 Å². The van der Waals surface area contributed by atoms with Crippen molar-refractivity contribution in [2.24, 2.45) is 29.6 Å². The number of hydrogen-bond donors (Lipinski definition) is 1. The van der Waals surface area contributed by atoms with Gasteiger partial charge in [0.25, 0.3) is 0 Å². The number of carboxylic acid groups (broad SMARTS) is 1. The van der Waals surface area contributed by atoms with Crippen LogP contribution in [0.5, 0.6) is 0 Å². The summed E-state index contributed by atoms with van der Waals surface area (Å²) >= 11 is 0. The van der Waals surface area contributed by atoms with Gasteiger partial charge in [0.15, 0.2) is 0 Å². The molecule has 0 spiro atoms. The maximum Gasteiger partial charge on any atom is 0.303 e. The number of hydrogen-bond acceptors (Lipinski definition) is 1. The molecule has 3 rings (SSSR count). The van der Waals surface area contributed by atoms with Crippen LogP contribution in [-0.4, -0.2) is 11.1 Å². The second-order valence-electron chi connectivity index (χ2n) is 5.17. The van der Waals surface area contributed by atoms with Gasteiger partial charge in [-0.1, -0.05) is 20.3 Å². The van der Waals surface area contributed by atoms with Crippen molar-refractivity contribution in [3.8, 4) is 0 Å². The average molecular weight is 210 g/mol. The minimum Gasteiger partial charge on any atom is -0.481 e. The Bertz CT molecular complexity index is 243. The van der Waals surface area contributed by atoms with E-state index in [0.29, 0.717) is 12.3 Å². The molecule has 2 bridgehead atoms. The largest absolute Gasteiger partial charge is 0.481 e. The van der Waals surface area contributed by atoms with Crippen molar-refractivity contribution in [2.45, 2.75) is 46.0 Å². The Balaban J connectivity index is 0.000000404. The van der Waals surface area contributed by atoms with E-state index in [9.17, 15) is 4.79 Å². The van der Waals surface area contributed by atoms with Gasteiger partial charge >= 0.3 is 5.97 Å². The molecule has 3 aliphatic rings. The highest BCUT2D eigenvalue weighted by Crippen LogP contribution is 2.64. The van der Waals surface area contributed by atoms with Gasteiger partial charge in [-0.2, -0.15) is 0 Å². The lowest BCUT2D eigenvalue weighted by Gasteiger charge is -2.49. The molecule has 2 heteroatoms. The number of carbonyl (C=O) groups is 1. The standard InChI is InChI=1S/C11H16O2.C2H6/c12-11(13)5-10-7-2-1-6-3-8(7)9(10)4-6;1-2/h6-10H,1-5H2,(H,12,13);1-2H3/t6?,7?,8?,9-,10?;/m1./s1. The molecule has 4 unspecified atom stereocenters. The van der Waals surface area contributed by atoms with Gasteiger partial charge in [0.2, 0.25) is 0 Å². The number of carboxylic acids is 1. The number of rotatable bonds is 2. The van der Waals surface area contributed by atoms with E-state index in [2.05, 4.69) is 0 Å². The third kappa shape index (κ3) is 1.68. The molecular weight excluding hydrogens is 188 g/mol. The topological polar surface area (TPSA) is 37.3 Å². The van der Waals surface area contributed by atoms with Crippen LogP contribution in [0.4, 0.5) is 0 Å². The normalized spacial score (nSPS) is 45.1. The molecule has 3 aliphatic carbocycles. The van der Waals surface area contributed by atoms with Crippen molar-refractivity contribution in [1.82, 2.24) is 0 Å². The Labute approximate surface area is 92.1 Å². The van der Waals surface area contributed by atoms with Crippen molar-refractivity contribution in [3.05, 3.63) is 0 Å². The summed E-state index contributed by atoms with van der Waals surface area (Å²) in [6, 6.07) is 0. The summed E-state index contributed by atoms with van der Waals surface area (Å²) in [4.78, 5) is 10.7. The zero-order chi connectivity index (χ0) is 11.0. The van der Waals surface area contributed by atoms with E-state index in [0.717, 1.165) is 23.7 Å². The smallest absolute Gasteiger partial charge is 0.303 e. The molecule has 86 valence electrons. The SMILES string of the molecule is CC.O=C(O)CC1C2CCC3CC2[C@H]1C3. The lowest BCUT2D eigenvalue weighted by atomic mass is 9.55. The summed E-state index contributed by atoms with van der Waals surface area (Å²) in [6.07, 6.45) is 5.92. The van der Waals surface area contributed by atoms with E-state index in [4.69, 9.17) is 5.11 Å². The molecule has 3 fully saturated rings. The van der Waals surface area contributed by atoms with Crippen LogP contribution in [0.25, 0.3) is 0 Å². The first-order valence-electron chi connectivity index (χ1n) is 6.47. The maximum atomic E-state index is 10.7. The van der Waals surface area contributed by atoms with Gasteiger partial charge in [-0.25, -0.2) is 0 Å². The van der Waals surface area contributed by atoms with Gasteiger partial charge < -0.3 is 5.11 Å². The van der Waals surface area contributed by atoms with Crippen LogP contribution in [-0.2, 0) is 4.79 Å². The molecule has 0 saturated heterocycles. The van der Waals surface area contributed by atoms with Crippen LogP contribution >= 0.6 is 0 Å². The second kappa shape index (κ2) is 4.15. The predicted molar refractivity (Wildman–Crippen MR) is 59.5 cm³/mol. The summed E-state index contributed by atoms with van der Waals surface area (Å²) < 4.78 is 0. The molecule has 2 nitrogen and oxygen atoms in total. The van der Waals surface area contributed by atoms with E-state index in [1.54, 1.807) is 0 Å². The third-order valence-electron chi connectivity index (χ3n) is 4.73. The lowest BCUT2D eigenvalue weighted by molar-refractivity contribution is -0.142. The molecule has 0 heterocycles. The van der Waals surface area contributed by atoms with Gasteiger partial charge in [0, 0.05) is 6.42 Å². The van der Waals surface area contributed by atoms with E-state index >= 15 is 0 Å². The zero-order valence-electron chi connectivity index (χ0n) is 9.78. The fourth-order valence-electron chi connectivity index (χ4n) is 4.29. The third-order valence-corrected chi connectivity index (χ3v) is 4.73. The minimum atomic E-state index is -0.584. The molecule has 0 aromatic carbocycles. The number of aliphatic carboxylic acids is 1. The molecule has 15 heavy (non-hydrogen) atoms. The van der Waals surface area contributed by atoms with Crippen LogP contribution in [0, 0.1) is 29.6 Å². The average Bonchev–Trinajstić information content (AvgIpc) is 2.40. The molecule has 5 atom stereocenters. The first kappa shape index (κ1) is 11.0. The Morgan fingerprint density at radius 2 is 1.80 bits per heavy atom. The van der Waals surface area contributed by atoms with Gasteiger partial charge in [0.05, 0.1) is 0 Å². The molecular formula is C13H22O2. The fraction of sp³-hybridized carbons (Fsp3) is 0.923. The Morgan fingerprint density at radius 1 is 1.13 bits per heavy atom. The van der Waals surface area contributed by atoms with Crippen molar-refractivity contribution < 1.29 is 9.90 Å². The molecule has 0 radical (unpaired) electrons. The quantitative estimate of drug-likeness (QED) is 0.760. The summed E-state index contributed by atoms with van der Waals surface area (Å²) in [6.45, 7) is 4.00. The van der Waals surface area contributed by atoms with Crippen LogP contribution in [0.1, 0.15) is 46.0 Å². The monoisotopic (exact) mass is 210 g/mol. The highest BCUT2D eigenvalue weighted by molar-refractivity contribution is 5.67. The van der Waals surface area contributed by atoms with Crippen LogP contribution in [0.3, 0.4) is 0 Å². The van der Waals surface area contributed by atoms with E-state index in [-0.39, 0.29) is 0 Å². The molecule has 0 aromatic heterocycles. The van der Waals surface area contributed by atoms with Crippen molar-refractivity contribution >= 4 is 5.97 Å². The van der Waals surface area contributed by atoms with Gasteiger partial charge in [-0.05, 0) is 48.9 Å². The Hall–Kier alpha value is -0.530. The van der Waals surface area contributed by atoms with Gasteiger partial charge in [-0.15, -0.1) is 0 Å². The Morgan fingerprint density at radius 3 is 2.47 bits per heavy atom. The van der Waals surface area contributed by atoms with Crippen molar-refractivity contribution in [2.75, 3.05) is 0 Å². The summed E-state index contributed by atoms with van der Waals surface area (Å²) in [5.41, 5.74) is 0. The molecule has 0 aromatic rings. The summed E-state index contributed by atoms with van der Waals surface area (Å²) in [5, 5.41) is 8.80. The van der Waals surface area contributed by atoms with E-state index in [1.165, 1.54) is 25.7 Å². The highest BCUT2D eigenvalue weighted by Gasteiger charge is 2.57. The van der Waals surface area contributed by atoms with Crippen LogP contribution in [0.2, 0.25) is 0 Å². The van der Waals surface area contributed by atoms with E-state index < -0.39 is 5.97 Å². The molecule has 1 N–H and O–H groups in total. The van der Waals surface area contributed by atoms with Gasteiger partial charge in [0.1, 0.15) is 0 Å².